The quantitative estimate of drug-likeness (QED) is 0.399. The number of hydrogen-bond acceptors (Lipinski definition) is 6. The molecule has 0 spiro atoms. The van der Waals surface area contributed by atoms with E-state index in [0.717, 1.165) is 0 Å². The fourth-order valence-electron chi connectivity index (χ4n) is 2.28. The van der Waals surface area contributed by atoms with Crippen LogP contribution in [0.2, 0.25) is 5.02 Å². The second-order valence-electron chi connectivity index (χ2n) is 5.57. The molecule has 0 unspecified atom stereocenters. The minimum atomic E-state index is -1.02. The Hall–Kier alpha value is -3.46. The minimum absolute atomic E-state index is 0.0535. The summed E-state index contributed by atoms with van der Waals surface area (Å²) in [5, 5.41) is 2.71. The second-order valence-corrected chi connectivity index (χ2v) is 5.97. The maximum atomic E-state index is 11.8. The molecule has 1 aliphatic rings. The van der Waals surface area contributed by atoms with Gasteiger partial charge in [0.2, 0.25) is 0 Å². The van der Waals surface area contributed by atoms with Gasteiger partial charge in [-0.3, -0.25) is 25.2 Å². The number of hydrazine groups is 1. The third-order valence-corrected chi connectivity index (χ3v) is 3.84. The third kappa shape index (κ3) is 5.04. The lowest BCUT2D eigenvalue weighted by atomic mass is 10.1. The Morgan fingerprint density at radius 1 is 1.11 bits per heavy atom. The van der Waals surface area contributed by atoms with Gasteiger partial charge in [-0.2, -0.15) is 0 Å². The van der Waals surface area contributed by atoms with Gasteiger partial charge in [0.05, 0.1) is 17.8 Å². The number of hydrogen-bond donors (Lipinski definition) is 3. The van der Waals surface area contributed by atoms with Gasteiger partial charge in [0.15, 0.2) is 11.5 Å². The molecular weight excluding hydrogens is 390 g/mol. The Morgan fingerprint density at radius 3 is 2.71 bits per heavy atom. The lowest BCUT2D eigenvalue weighted by molar-refractivity contribution is -0.140. The molecule has 1 aromatic heterocycles. The molecule has 3 amide bonds. The number of ether oxygens (including phenoxy) is 2. The Kier molecular flexibility index (Phi) is 6.18. The van der Waals surface area contributed by atoms with Crippen LogP contribution in [0.3, 0.4) is 0 Å². The largest absolute Gasteiger partial charge is 0.486 e. The van der Waals surface area contributed by atoms with Crippen molar-refractivity contribution < 1.29 is 28.3 Å². The van der Waals surface area contributed by atoms with Crippen LogP contribution in [-0.4, -0.2) is 30.9 Å². The first-order valence-electron chi connectivity index (χ1n) is 8.20. The molecule has 0 bridgehead atoms. The normalized spacial score (nSPS) is 12.5. The van der Waals surface area contributed by atoms with Gasteiger partial charge in [0.25, 0.3) is 5.91 Å². The predicted octanol–water partition coefficient (Wildman–Crippen LogP) is 1.18. The fourth-order valence-corrected chi connectivity index (χ4v) is 2.55. The number of carbonyl (C=O) groups excluding carboxylic acids is 3. The van der Waals surface area contributed by atoms with Crippen molar-refractivity contribution in [1.82, 2.24) is 16.2 Å². The van der Waals surface area contributed by atoms with Crippen molar-refractivity contribution in [1.29, 1.82) is 0 Å². The number of fused-ring (bicyclic) bond motifs is 1. The molecule has 0 saturated heterocycles. The number of benzene rings is 1. The standard InChI is InChI=1S/C18H16ClN3O6/c19-13-8-11(9-14-16(13)28-7-6-27-14)3-4-15(23)21-22-18(25)17(24)20-10-12-2-1-5-26-12/h1-5,8-9H,6-7,10H2,(H,20,24)(H,21,23)(H,22,25)/b4-3+. The molecular formula is C18H16ClN3O6. The molecule has 1 aliphatic heterocycles. The smallest absolute Gasteiger partial charge is 0.327 e. The van der Waals surface area contributed by atoms with Gasteiger partial charge in [0.1, 0.15) is 19.0 Å². The predicted molar refractivity (Wildman–Crippen MR) is 98.3 cm³/mol. The Morgan fingerprint density at radius 2 is 1.93 bits per heavy atom. The van der Waals surface area contributed by atoms with E-state index < -0.39 is 17.7 Å². The van der Waals surface area contributed by atoms with Crippen molar-refractivity contribution in [3.8, 4) is 11.5 Å². The van der Waals surface area contributed by atoms with E-state index in [9.17, 15) is 14.4 Å². The van der Waals surface area contributed by atoms with Crippen LogP contribution in [0.25, 0.3) is 6.08 Å². The molecule has 0 radical (unpaired) electrons. The van der Waals surface area contributed by atoms with Crippen molar-refractivity contribution in [3.63, 3.8) is 0 Å². The average Bonchev–Trinajstić information content (AvgIpc) is 3.22. The number of nitrogens with one attached hydrogen (secondary N) is 3. The first kappa shape index (κ1) is 19.3. The summed E-state index contributed by atoms with van der Waals surface area (Å²) in [6.07, 6.45) is 4.09. The van der Waals surface area contributed by atoms with E-state index in [2.05, 4.69) is 10.7 Å². The lowest BCUT2D eigenvalue weighted by Crippen LogP contribution is -2.47. The van der Waals surface area contributed by atoms with Crippen molar-refractivity contribution in [2.24, 2.45) is 0 Å². The molecule has 0 fully saturated rings. The van der Waals surface area contributed by atoms with E-state index in [-0.39, 0.29) is 6.54 Å². The Bertz CT molecular complexity index is 910. The highest BCUT2D eigenvalue weighted by molar-refractivity contribution is 6.35. The number of carbonyl (C=O) groups is 3. The summed E-state index contributed by atoms with van der Waals surface area (Å²) < 4.78 is 15.9. The molecule has 0 atom stereocenters. The molecule has 0 aliphatic carbocycles. The number of rotatable bonds is 4. The topological polar surface area (TPSA) is 119 Å². The molecule has 3 rings (SSSR count). The first-order valence-corrected chi connectivity index (χ1v) is 8.58. The van der Waals surface area contributed by atoms with Crippen molar-refractivity contribution in [2.75, 3.05) is 13.2 Å². The van der Waals surface area contributed by atoms with Crippen molar-refractivity contribution in [2.45, 2.75) is 6.54 Å². The zero-order chi connectivity index (χ0) is 19.9. The van der Waals surface area contributed by atoms with Gasteiger partial charge < -0.3 is 19.2 Å². The molecule has 3 N–H and O–H groups in total. The number of halogens is 1. The molecule has 2 aromatic rings. The first-order chi connectivity index (χ1) is 13.5. The van der Waals surface area contributed by atoms with E-state index in [4.69, 9.17) is 25.5 Å². The monoisotopic (exact) mass is 405 g/mol. The van der Waals surface area contributed by atoms with Crippen molar-refractivity contribution in [3.05, 3.63) is 53.0 Å². The lowest BCUT2D eigenvalue weighted by Gasteiger charge is -2.19. The highest BCUT2D eigenvalue weighted by Crippen LogP contribution is 2.38. The van der Waals surface area contributed by atoms with E-state index in [1.807, 2.05) is 5.43 Å². The molecule has 9 nitrogen and oxygen atoms in total. The summed E-state index contributed by atoms with van der Waals surface area (Å²) in [6.45, 7) is 0.877. The average molecular weight is 406 g/mol. The highest BCUT2D eigenvalue weighted by atomic mass is 35.5. The second kappa shape index (κ2) is 8.96. The molecule has 28 heavy (non-hydrogen) atoms. The van der Waals surface area contributed by atoms with Gasteiger partial charge in [-0.15, -0.1) is 0 Å². The molecule has 146 valence electrons. The maximum absolute atomic E-state index is 11.8. The van der Waals surface area contributed by atoms with Crippen LogP contribution in [0, 0.1) is 0 Å². The third-order valence-electron chi connectivity index (χ3n) is 3.56. The maximum Gasteiger partial charge on any atom is 0.327 e. The molecule has 0 saturated carbocycles. The van der Waals surface area contributed by atoms with Gasteiger partial charge in [-0.25, -0.2) is 0 Å². The Labute approximate surface area is 164 Å². The number of furan rings is 1. The van der Waals surface area contributed by atoms with Crippen LogP contribution in [0.4, 0.5) is 0 Å². The highest BCUT2D eigenvalue weighted by Gasteiger charge is 2.16. The molecule has 2 heterocycles. The minimum Gasteiger partial charge on any atom is -0.486 e. The summed E-state index contributed by atoms with van der Waals surface area (Å²) >= 11 is 6.12. The van der Waals surface area contributed by atoms with E-state index in [0.29, 0.717) is 41.1 Å². The summed E-state index contributed by atoms with van der Waals surface area (Å²) in [7, 11) is 0. The summed E-state index contributed by atoms with van der Waals surface area (Å²) in [5.41, 5.74) is 4.72. The zero-order valence-corrected chi connectivity index (χ0v) is 15.2. The zero-order valence-electron chi connectivity index (χ0n) is 14.5. The Balaban J connectivity index is 1.48. The van der Waals surface area contributed by atoms with Gasteiger partial charge in [0, 0.05) is 6.08 Å². The summed E-state index contributed by atoms with van der Waals surface area (Å²) in [4.78, 5) is 35.1. The van der Waals surface area contributed by atoms with E-state index in [1.165, 1.54) is 18.4 Å². The number of amides is 3. The van der Waals surface area contributed by atoms with Crippen LogP contribution in [0.1, 0.15) is 11.3 Å². The van der Waals surface area contributed by atoms with Gasteiger partial charge in [-0.1, -0.05) is 11.6 Å². The SMILES string of the molecule is O=C(/C=C/c1cc(Cl)c2c(c1)OCCO2)NNC(=O)C(=O)NCc1ccco1. The van der Waals surface area contributed by atoms with Gasteiger partial charge >= 0.3 is 11.8 Å². The van der Waals surface area contributed by atoms with E-state index >= 15 is 0 Å². The fraction of sp³-hybridized carbons (Fsp3) is 0.167. The van der Waals surface area contributed by atoms with Crippen molar-refractivity contribution >= 4 is 35.4 Å². The molecule has 10 heteroatoms. The van der Waals surface area contributed by atoms with Crippen LogP contribution in [0.15, 0.2) is 41.0 Å². The molecule has 1 aromatic carbocycles. The summed E-state index contributed by atoms with van der Waals surface area (Å²) in [5.74, 6) is -1.14. The van der Waals surface area contributed by atoms with Crippen LogP contribution >= 0.6 is 11.6 Å². The van der Waals surface area contributed by atoms with Crippen LogP contribution < -0.4 is 25.6 Å². The van der Waals surface area contributed by atoms with Crippen LogP contribution in [0.5, 0.6) is 11.5 Å². The van der Waals surface area contributed by atoms with E-state index in [1.54, 1.807) is 24.3 Å². The van der Waals surface area contributed by atoms with Crippen LogP contribution in [-0.2, 0) is 20.9 Å². The summed E-state index contributed by atoms with van der Waals surface area (Å²) in [6, 6.07) is 6.59. The van der Waals surface area contributed by atoms with Gasteiger partial charge in [-0.05, 0) is 35.9 Å².